The average Bonchev–Trinajstić information content (AvgIpc) is 2.72. The maximum Gasteiger partial charge on any atom is 0.254 e. The van der Waals surface area contributed by atoms with Gasteiger partial charge in [0.05, 0.1) is 0 Å². The standard InChI is InChI=1S/C23H26N2O.ClH/c26-23(18-8-2-1-3-9-18)25-13-6-10-19-16-24-14-12-17-7-4-5-11-20(17)22(24)15-21(19)25;/h1-5,7-9,11,19,21-22H,6,10,12-16H2;1H/t19-,21+,22+;/m1./s1. The summed E-state index contributed by atoms with van der Waals surface area (Å²) in [5, 5.41) is 0. The van der Waals surface area contributed by atoms with Gasteiger partial charge < -0.3 is 4.90 Å². The van der Waals surface area contributed by atoms with E-state index in [2.05, 4.69) is 34.1 Å². The Bertz CT molecular complexity index is 809. The number of nitrogens with zero attached hydrogens (tertiary/aromatic N) is 2. The smallest absolute Gasteiger partial charge is 0.254 e. The third-order valence-electron chi connectivity index (χ3n) is 6.66. The van der Waals surface area contributed by atoms with Gasteiger partial charge in [0, 0.05) is 37.3 Å². The van der Waals surface area contributed by atoms with Crippen LogP contribution in [0.3, 0.4) is 0 Å². The van der Waals surface area contributed by atoms with E-state index in [1.807, 2.05) is 30.3 Å². The molecule has 3 nitrogen and oxygen atoms in total. The Morgan fingerprint density at radius 3 is 2.59 bits per heavy atom. The number of carbonyl (C=O) groups is 1. The van der Waals surface area contributed by atoms with E-state index in [1.165, 1.54) is 17.5 Å². The monoisotopic (exact) mass is 382 g/mol. The molecular weight excluding hydrogens is 356 g/mol. The first-order chi connectivity index (χ1) is 12.8. The molecule has 0 unspecified atom stereocenters. The molecule has 2 aromatic carbocycles. The predicted octanol–water partition coefficient (Wildman–Crippen LogP) is 4.33. The van der Waals surface area contributed by atoms with Crippen molar-refractivity contribution >= 4 is 18.3 Å². The van der Waals surface area contributed by atoms with E-state index in [0.29, 0.717) is 18.0 Å². The highest BCUT2D eigenvalue weighted by Crippen LogP contribution is 2.43. The number of benzene rings is 2. The van der Waals surface area contributed by atoms with Crippen LogP contribution >= 0.6 is 12.4 Å². The van der Waals surface area contributed by atoms with Crippen LogP contribution in [0.2, 0.25) is 0 Å². The summed E-state index contributed by atoms with van der Waals surface area (Å²) < 4.78 is 0. The van der Waals surface area contributed by atoms with Gasteiger partial charge >= 0.3 is 0 Å². The van der Waals surface area contributed by atoms with E-state index in [1.54, 1.807) is 0 Å². The lowest BCUT2D eigenvalue weighted by Crippen LogP contribution is -2.57. The number of fused-ring (bicyclic) bond motifs is 4. The molecule has 0 saturated carbocycles. The summed E-state index contributed by atoms with van der Waals surface area (Å²) in [6, 6.07) is 19.6. The molecule has 142 valence electrons. The van der Waals surface area contributed by atoms with E-state index >= 15 is 0 Å². The quantitative estimate of drug-likeness (QED) is 0.732. The minimum atomic E-state index is 0. The second-order valence-corrected chi connectivity index (χ2v) is 8.03. The number of amides is 1. The summed E-state index contributed by atoms with van der Waals surface area (Å²) >= 11 is 0. The zero-order valence-electron chi connectivity index (χ0n) is 15.6. The van der Waals surface area contributed by atoms with Gasteiger partial charge in [-0.2, -0.15) is 0 Å². The molecule has 27 heavy (non-hydrogen) atoms. The molecule has 0 aromatic heterocycles. The third-order valence-corrected chi connectivity index (χ3v) is 6.66. The van der Waals surface area contributed by atoms with E-state index < -0.39 is 0 Å². The first kappa shape index (κ1) is 18.5. The van der Waals surface area contributed by atoms with Crippen LogP contribution in [0.5, 0.6) is 0 Å². The van der Waals surface area contributed by atoms with Gasteiger partial charge in [-0.15, -0.1) is 12.4 Å². The lowest BCUT2D eigenvalue weighted by Gasteiger charge is -2.52. The highest BCUT2D eigenvalue weighted by molar-refractivity contribution is 5.94. The molecule has 2 saturated heterocycles. The summed E-state index contributed by atoms with van der Waals surface area (Å²) in [4.78, 5) is 18.0. The molecule has 0 bridgehead atoms. The lowest BCUT2D eigenvalue weighted by atomic mass is 9.76. The molecule has 0 radical (unpaired) electrons. The number of piperidine rings is 2. The van der Waals surface area contributed by atoms with Crippen molar-refractivity contribution in [3.8, 4) is 0 Å². The van der Waals surface area contributed by atoms with Crippen LogP contribution in [0.15, 0.2) is 54.6 Å². The molecule has 5 rings (SSSR count). The van der Waals surface area contributed by atoms with Crippen LogP contribution in [-0.4, -0.2) is 41.4 Å². The van der Waals surface area contributed by atoms with E-state index in [4.69, 9.17) is 0 Å². The Labute approximate surface area is 167 Å². The normalized spacial score (nSPS) is 27.0. The van der Waals surface area contributed by atoms with E-state index in [9.17, 15) is 4.79 Å². The summed E-state index contributed by atoms with van der Waals surface area (Å²) in [6.07, 6.45) is 4.64. The van der Waals surface area contributed by atoms with Gasteiger partial charge in [0.15, 0.2) is 0 Å². The van der Waals surface area contributed by atoms with E-state index in [0.717, 1.165) is 44.5 Å². The van der Waals surface area contributed by atoms with Crippen molar-refractivity contribution in [1.82, 2.24) is 9.80 Å². The van der Waals surface area contributed by atoms with Gasteiger partial charge in [-0.3, -0.25) is 9.69 Å². The molecule has 3 heterocycles. The van der Waals surface area contributed by atoms with Gasteiger partial charge in [-0.05, 0) is 54.9 Å². The fourth-order valence-electron chi connectivity index (χ4n) is 5.40. The van der Waals surface area contributed by atoms with Crippen LogP contribution in [0.25, 0.3) is 0 Å². The number of hydrogen-bond donors (Lipinski definition) is 0. The third kappa shape index (κ3) is 3.28. The van der Waals surface area contributed by atoms with Crippen molar-refractivity contribution < 1.29 is 4.79 Å². The second-order valence-electron chi connectivity index (χ2n) is 8.03. The predicted molar refractivity (Wildman–Crippen MR) is 110 cm³/mol. The van der Waals surface area contributed by atoms with Gasteiger partial charge in [-0.1, -0.05) is 42.5 Å². The molecule has 2 fully saturated rings. The SMILES string of the molecule is Cl.O=C(c1ccccc1)N1CCC[C@@H]2CN3CCc4ccccc4[C@@H]3C[C@@H]21. The van der Waals surface area contributed by atoms with Crippen LogP contribution in [-0.2, 0) is 6.42 Å². The number of carbonyl (C=O) groups excluding carboxylic acids is 1. The summed E-state index contributed by atoms with van der Waals surface area (Å²) in [6.45, 7) is 3.21. The molecule has 0 aliphatic carbocycles. The number of likely N-dealkylation sites (tertiary alicyclic amines) is 1. The first-order valence-electron chi connectivity index (χ1n) is 9.99. The Kier molecular flexibility index (Phi) is 5.25. The minimum Gasteiger partial charge on any atom is -0.335 e. The molecule has 3 aliphatic heterocycles. The van der Waals surface area contributed by atoms with Crippen LogP contribution in [0, 0.1) is 5.92 Å². The highest BCUT2D eigenvalue weighted by atomic mass is 35.5. The van der Waals surface area contributed by atoms with Gasteiger partial charge in [-0.25, -0.2) is 0 Å². The largest absolute Gasteiger partial charge is 0.335 e. The van der Waals surface area contributed by atoms with Gasteiger partial charge in [0.1, 0.15) is 0 Å². The molecule has 3 atom stereocenters. The molecule has 3 aliphatic rings. The van der Waals surface area contributed by atoms with Gasteiger partial charge in [0.2, 0.25) is 0 Å². The molecule has 2 aromatic rings. The topological polar surface area (TPSA) is 23.6 Å². The van der Waals surface area contributed by atoms with Crippen LogP contribution < -0.4 is 0 Å². The Morgan fingerprint density at radius 1 is 0.963 bits per heavy atom. The molecule has 0 spiro atoms. The van der Waals surface area contributed by atoms with Crippen molar-refractivity contribution in [2.24, 2.45) is 5.92 Å². The molecular formula is C23H27ClN2O. The zero-order chi connectivity index (χ0) is 17.5. The van der Waals surface area contributed by atoms with Crippen LogP contribution in [0.4, 0.5) is 0 Å². The fraction of sp³-hybridized carbons (Fsp3) is 0.435. The van der Waals surface area contributed by atoms with E-state index in [-0.39, 0.29) is 18.3 Å². The lowest BCUT2D eigenvalue weighted by molar-refractivity contribution is -0.00579. The van der Waals surface area contributed by atoms with Crippen molar-refractivity contribution in [1.29, 1.82) is 0 Å². The Balaban J connectivity index is 0.00000180. The maximum absolute atomic E-state index is 13.2. The van der Waals surface area contributed by atoms with Crippen molar-refractivity contribution in [2.75, 3.05) is 19.6 Å². The summed E-state index contributed by atoms with van der Waals surface area (Å²) in [5.41, 5.74) is 3.83. The Hall–Kier alpha value is -1.84. The van der Waals surface area contributed by atoms with Crippen LogP contribution in [0.1, 0.15) is 46.8 Å². The number of rotatable bonds is 1. The average molecular weight is 383 g/mol. The minimum absolute atomic E-state index is 0. The fourth-order valence-corrected chi connectivity index (χ4v) is 5.40. The molecule has 4 heteroatoms. The molecule has 1 amide bonds. The summed E-state index contributed by atoms with van der Waals surface area (Å²) in [5.74, 6) is 0.843. The number of hydrogen-bond acceptors (Lipinski definition) is 2. The van der Waals surface area contributed by atoms with Gasteiger partial charge in [0.25, 0.3) is 5.91 Å². The summed E-state index contributed by atoms with van der Waals surface area (Å²) in [7, 11) is 0. The number of halogens is 1. The van der Waals surface area contributed by atoms with Crippen molar-refractivity contribution in [3.63, 3.8) is 0 Å². The van der Waals surface area contributed by atoms with Crippen molar-refractivity contribution in [3.05, 3.63) is 71.3 Å². The first-order valence-corrected chi connectivity index (χ1v) is 9.99. The molecule has 0 N–H and O–H groups in total. The Morgan fingerprint density at radius 2 is 1.74 bits per heavy atom. The van der Waals surface area contributed by atoms with Crippen molar-refractivity contribution in [2.45, 2.75) is 37.8 Å². The maximum atomic E-state index is 13.2. The zero-order valence-corrected chi connectivity index (χ0v) is 16.4. The second kappa shape index (κ2) is 7.65. The highest BCUT2D eigenvalue weighted by Gasteiger charge is 2.43.